The molecule has 0 bridgehead atoms. The van der Waals surface area contributed by atoms with Gasteiger partial charge in [0.1, 0.15) is 11.8 Å². The Labute approximate surface area is 122 Å². The summed E-state index contributed by atoms with van der Waals surface area (Å²) in [6.45, 7) is 5.00. The minimum Gasteiger partial charge on any atom is -0.480 e. The van der Waals surface area contributed by atoms with Gasteiger partial charge in [-0.3, -0.25) is 9.69 Å². The monoisotopic (exact) mass is 293 g/mol. The minimum atomic E-state index is -1.08. The summed E-state index contributed by atoms with van der Waals surface area (Å²) in [5, 5.41) is 18.4. The summed E-state index contributed by atoms with van der Waals surface area (Å²) >= 11 is 0. The number of benzene rings is 1. The molecule has 1 amide bonds. The van der Waals surface area contributed by atoms with Crippen molar-refractivity contribution in [3.63, 3.8) is 0 Å². The summed E-state index contributed by atoms with van der Waals surface area (Å²) in [7, 11) is 0. The predicted octanol–water partition coefficient (Wildman–Crippen LogP) is 1.40. The smallest absolute Gasteiger partial charge is 0.326 e. The van der Waals surface area contributed by atoms with Gasteiger partial charge < -0.3 is 14.9 Å². The van der Waals surface area contributed by atoms with E-state index in [1.54, 1.807) is 18.2 Å². The van der Waals surface area contributed by atoms with E-state index in [1.807, 2.05) is 13.8 Å². The van der Waals surface area contributed by atoms with Crippen LogP contribution in [0.25, 0.3) is 0 Å². The molecule has 1 heterocycles. The summed E-state index contributed by atoms with van der Waals surface area (Å²) in [5.41, 5.74) is 1.07. The number of carboxylic acid groups (broad SMARTS) is 1. The first-order valence-corrected chi connectivity index (χ1v) is 6.83. The quantitative estimate of drug-likeness (QED) is 0.876. The molecule has 0 saturated heterocycles. The summed E-state index contributed by atoms with van der Waals surface area (Å²) in [4.78, 5) is 25.1. The van der Waals surface area contributed by atoms with Crippen LogP contribution in [0.4, 0.5) is 5.69 Å². The van der Waals surface area contributed by atoms with Gasteiger partial charge in [0.25, 0.3) is 5.91 Å². The van der Waals surface area contributed by atoms with Gasteiger partial charge in [-0.1, -0.05) is 19.9 Å². The average molecular weight is 293 g/mol. The maximum absolute atomic E-state index is 12.5. The van der Waals surface area contributed by atoms with Gasteiger partial charge in [-0.25, -0.2) is 4.79 Å². The third kappa shape index (κ3) is 2.71. The largest absolute Gasteiger partial charge is 0.480 e. The molecule has 21 heavy (non-hydrogen) atoms. The predicted molar refractivity (Wildman–Crippen MR) is 76.2 cm³/mol. The molecule has 0 spiro atoms. The van der Waals surface area contributed by atoms with E-state index in [0.717, 1.165) is 0 Å². The molecule has 2 atom stereocenters. The Balaban J connectivity index is 2.53. The molecular weight excluding hydrogens is 274 g/mol. The molecule has 0 radical (unpaired) electrons. The van der Waals surface area contributed by atoms with Gasteiger partial charge in [-0.2, -0.15) is 0 Å². The van der Waals surface area contributed by atoms with Gasteiger partial charge in [0.15, 0.2) is 6.10 Å². The van der Waals surface area contributed by atoms with Gasteiger partial charge in [0.05, 0.1) is 12.3 Å². The Morgan fingerprint density at radius 1 is 1.38 bits per heavy atom. The van der Waals surface area contributed by atoms with E-state index in [-0.39, 0.29) is 18.4 Å². The lowest BCUT2D eigenvalue weighted by Gasteiger charge is -2.38. The van der Waals surface area contributed by atoms with Crippen molar-refractivity contribution < 1.29 is 24.5 Å². The van der Waals surface area contributed by atoms with E-state index in [1.165, 1.54) is 11.8 Å². The fraction of sp³-hybridized carbons (Fsp3) is 0.467. The highest BCUT2D eigenvalue weighted by atomic mass is 16.5. The highest BCUT2D eigenvalue weighted by molar-refractivity contribution is 6.04. The van der Waals surface area contributed by atoms with E-state index in [4.69, 9.17) is 4.74 Å². The molecule has 1 aromatic rings. The molecule has 2 N–H and O–H groups in total. The number of aliphatic hydroxyl groups excluding tert-OH is 1. The van der Waals surface area contributed by atoms with Crippen molar-refractivity contribution in [3.05, 3.63) is 23.8 Å². The number of hydrogen-bond acceptors (Lipinski definition) is 4. The number of nitrogens with zero attached hydrogens (tertiary/aromatic N) is 1. The van der Waals surface area contributed by atoms with Crippen LogP contribution < -0.4 is 9.64 Å². The van der Waals surface area contributed by atoms with Crippen molar-refractivity contribution in [2.75, 3.05) is 4.90 Å². The van der Waals surface area contributed by atoms with Crippen LogP contribution in [0, 0.1) is 5.92 Å². The Kier molecular flexibility index (Phi) is 4.18. The number of carboxylic acids is 1. The number of anilines is 1. The number of amides is 1. The van der Waals surface area contributed by atoms with Crippen molar-refractivity contribution in [2.24, 2.45) is 5.92 Å². The number of fused-ring (bicyclic) bond motifs is 1. The minimum absolute atomic E-state index is 0.0908. The lowest BCUT2D eigenvalue weighted by molar-refractivity contribution is -0.141. The Morgan fingerprint density at radius 3 is 2.57 bits per heavy atom. The zero-order valence-corrected chi connectivity index (χ0v) is 12.2. The SMILES string of the molecule is CC(C)C1Oc2cc(CO)ccc2N(C(C)C(=O)O)C1=O. The molecule has 1 aromatic carbocycles. The fourth-order valence-corrected chi connectivity index (χ4v) is 2.32. The molecule has 0 fully saturated rings. The molecule has 1 aliphatic heterocycles. The standard InChI is InChI=1S/C15H19NO5/c1-8(2)13-14(18)16(9(3)15(19)20)11-5-4-10(7-17)6-12(11)21-13/h4-6,8-9,13,17H,7H2,1-3H3,(H,19,20). The summed E-state index contributed by atoms with van der Waals surface area (Å²) in [6, 6.07) is 3.90. The number of hydrogen-bond donors (Lipinski definition) is 2. The molecule has 1 aliphatic rings. The van der Waals surface area contributed by atoms with Gasteiger partial charge in [0.2, 0.25) is 0 Å². The van der Waals surface area contributed by atoms with E-state index >= 15 is 0 Å². The molecule has 6 heteroatoms. The van der Waals surface area contributed by atoms with E-state index in [0.29, 0.717) is 17.0 Å². The van der Waals surface area contributed by atoms with Crippen LogP contribution in [0.1, 0.15) is 26.3 Å². The Hall–Kier alpha value is -2.08. The second-order valence-corrected chi connectivity index (χ2v) is 5.47. The van der Waals surface area contributed by atoms with Gasteiger partial charge in [-0.15, -0.1) is 0 Å². The molecule has 114 valence electrons. The van der Waals surface area contributed by atoms with Crippen LogP contribution in [0.15, 0.2) is 18.2 Å². The van der Waals surface area contributed by atoms with Crippen LogP contribution in [-0.4, -0.2) is 34.2 Å². The maximum Gasteiger partial charge on any atom is 0.326 e. The number of ether oxygens (including phenoxy) is 1. The van der Waals surface area contributed by atoms with E-state index < -0.39 is 18.1 Å². The molecule has 2 rings (SSSR count). The highest BCUT2D eigenvalue weighted by Crippen LogP contribution is 2.37. The molecule has 0 aliphatic carbocycles. The highest BCUT2D eigenvalue weighted by Gasteiger charge is 2.40. The summed E-state index contributed by atoms with van der Waals surface area (Å²) < 4.78 is 5.71. The average Bonchev–Trinajstić information content (AvgIpc) is 2.45. The fourth-order valence-electron chi connectivity index (χ4n) is 2.32. The van der Waals surface area contributed by atoms with Crippen LogP contribution in [0.3, 0.4) is 0 Å². The third-order valence-electron chi connectivity index (χ3n) is 3.55. The van der Waals surface area contributed by atoms with Crippen LogP contribution in [0.2, 0.25) is 0 Å². The number of aliphatic hydroxyl groups is 1. The van der Waals surface area contributed by atoms with Crippen molar-refractivity contribution >= 4 is 17.6 Å². The van der Waals surface area contributed by atoms with E-state index in [9.17, 15) is 19.8 Å². The molecule has 0 saturated carbocycles. The normalized spacial score (nSPS) is 19.2. The zero-order valence-electron chi connectivity index (χ0n) is 12.2. The number of rotatable bonds is 4. The van der Waals surface area contributed by atoms with Gasteiger partial charge in [-0.05, 0) is 30.5 Å². The third-order valence-corrected chi connectivity index (χ3v) is 3.55. The summed E-state index contributed by atoms with van der Waals surface area (Å²) in [6.07, 6.45) is -0.728. The van der Waals surface area contributed by atoms with Crippen molar-refractivity contribution in [1.29, 1.82) is 0 Å². The first-order valence-electron chi connectivity index (χ1n) is 6.83. The zero-order chi connectivity index (χ0) is 15.7. The molecular formula is C15H19NO5. The topological polar surface area (TPSA) is 87.1 Å². The Bertz CT molecular complexity index is 569. The van der Waals surface area contributed by atoms with Crippen molar-refractivity contribution in [1.82, 2.24) is 0 Å². The first kappa shape index (κ1) is 15.3. The van der Waals surface area contributed by atoms with Gasteiger partial charge in [0, 0.05) is 0 Å². The molecule has 0 aromatic heterocycles. The first-order chi connectivity index (χ1) is 9.86. The second kappa shape index (κ2) is 5.73. The maximum atomic E-state index is 12.5. The molecule has 2 unspecified atom stereocenters. The summed E-state index contributed by atoms with van der Waals surface area (Å²) in [5.74, 6) is -1.10. The van der Waals surface area contributed by atoms with Crippen LogP contribution >= 0.6 is 0 Å². The Morgan fingerprint density at radius 2 is 2.05 bits per heavy atom. The van der Waals surface area contributed by atoms with Crippen molar-refractivity contribution in [3.8, 4) is 5.75 Å². The van der Waals surface area contributed by atoms with E-state index in [2.05, 4.69) is 0 Å². The van der Waals surface area contributed by atoms with Crippen LogP contribution in [0.5, 0.6) is 5.75 Å². The lowest BCUT2D eigenvalue weighted by Crippen LogP contribution is -2.54. The number of carbonyl (C=O) groups excluding carboxylic acids is 1. The van der Waals surface area contributed by atoms with Crippen LogP contribution in [-0.2, 0) is 16.2 Å². The number of carbonyl (C=O) groups is 2. The van der Waals surface area contributed by atoms with Crippen molar-refractivity contribution in [2.45, 2.75) is 39.5 Å². The lowest BCUT2D eigenvalue weighted by atomic mass is 10.0. The molecule has 6 nitrogen and oxygen atoms in total. The number of aliphatic carboxylic acids is 1. The van der Waals surface area contributed by atoms with Gasteiger partial charge >= 0.3 is 5.97 Å². The second-order valence-electron chi connectivity index (χ2n) is 5.47.